The molecular formula is C14H19N5O. The van der Waals surface area contributed by atoms with Gasteiger partial charge in [0.2, 0.25) is 0 Å². The minimum atomic E-state index is -0.0327. The number of aromatic nitrogens is 3. The summed E-state index contributed by atoms with van der Waals surface area (Å²) in [6.07, 6.45) is 7.63. The van der Waals surface area contributed by atoms with E-state index in [2.05, 4.69) is 25.4 Å². The van der Waals surface area contributed by atoms with E-state index >= 15 is 0 Å². The zero-order chi connectivity index (χ0) is 13.8. The number of hydrogen-bond donors (Lipinski definition) is 3. The Bertz CT molecular complexity index is 554. The van der Waals surface area contributed by atoms with Crippen molar-refractivity contribution in [1.82, 2.24) is 25.4 Å². The number of H-pyrrole nitrogens is 1. The fourth-order valence-electron chi connectivity index (χ4n) is 2.64. The van der Waals surface area contributed by atoms with Gasteiger partial charge in [0.25, 0.3) is 5.91 Å². The number of rotatable bonds is 4. The molecule has 1 amide bonds. The van der Waals surface area contributed by atoms with Gasteiger partial charge in [-0.05, 0) is 38.1 Å². The van der Waals surface area contributed by atoms with Crippen molar-refractivity contribution in [1.29, 1.82) is 0 Å². The summed E-state index contributed by atoms with van der Waals surface area (Å²) < 4.78 is 2.10. The highest BCUT2D eigenvalue weighted by molar-refractivity contribution is 5.92. The predicted molar refractivity (Wildman–Crippen MR) is 75.3 cm³/mol. The van der Waals surface area contributed by atoms with Gasteiger partial charge in [-0.25, -0.2) is 0 Å². The third kappa shape index (κ3) is 2.75. The Morgan fingerprint density at radius 2 is 2.30 bits per heavy atom. The fraction of sp³-hybridized carbons (Fsp3) is 0.429. The second-order valence-electron chi connectivity index (χ2n) is 5.07. The number of carbonyl (C=O) groups excluding carboxylic acids is 1. The van der Waals surface area contributed by atoms with Crippen LogP contribution in [0.1, 0.15) is 34.9 Å². The fourth-order valence-corrected chi connectivity index (χ4v) is 2.64. The minimum absolute atomic E-state index is 0.0327. The van der Waals surface area contributed by atoms with E-state index in [1.165, 1.54) is 0 Å². The maximum atomic E-state index is 12.3. The zero-order valence-corrected chi connectivity index (χ0v) is 11.3. The van der Waals surface area contributed by atoms with Gasteiger partial charge in [-0.15, -0.1) is 0 Å². The predicted octanol–water partition coefficient (Wildman–Crippen LogP) is 1.07. The molecule has 6 heteroatoms. The van der Waals surface area contributed by atoms with Gasteiger partial charge in [-0.1, -0.05) is 0 Å². The molecule has 20 heavy (non-hydrogen) atoms. The number of aromatic amines is 1. The van der Waals surface area contributed by atoms with Crippen molar-refractivity contribution >= 4 is 5.91 Å². The molecule has 0 atom stereocenters. The second kappa shape index (κ2) is 5.92. The lowest BCUT2D eigenvalue weighted by Crippen LogP contribution is -2.32. The maximum Gasteiger partial charge on any atom is 0.268 e. The summed E-state index contributed by atoms with van der Waals surface area (Å²) in [7, 11) is 0. The Hall–Kier alpha value is -2.08. The molecule has 1 saturated heterocycles. The summed E-state index contributed by atoms with van der Waals surface area (Å²) in [5.74, 6) is -0.0327. The van der Waals surface area contributed by atoms with Crippen LogP contribution in [0.4, 0.5) is 0 Å². The number of amides is 1. The minimum Gasteiger partial charge on any atom is -0.347 e. The van der Waals surface area contributed by atoms with E-state index in [1.54, 1.807) is 12.4 Å². The highest BCUT2D eigenvalue weighted by Gasteiger charge is 2.19. The molecule has 3 rings (SSSR count). The molecule has 0 bridgehead atoms. The van der Waals surface area contributed by atoms with Crippen LogP contribution < -0.4 is 10.6 Å². The van der Waals surface area contributed by atoms with Crippen molar-refractivity contribution in [3.63, 3.8) is 0 Å². The maximum absolute atomic E-state index is 12.3. The first-order valence-electron chi connectivity index (χ1n) is 6.98. The molecular weight excluding hydrogens is 254 g/mol. The zero-order valence-electron chi connectivity index (χ0n) is 11.3. The molecule has 3 N–H and O–H groups in total. The van der Waals surface area contributed by atoms with Gasteiger partial charge in [0, 0.05) is 30.5 Å². The summed E-state index contributed by atoms with van der Waals surface area (Å²) in [6.45, 7) is 2.52. The van der Waals surface area contributed by atoms with Crippen LogP contribution >= 0.6 is 0 Å². The Balaban J connectivity index is 1.67. The van der Waals surface area contributed by atoms with Crippen molar-refractivity contribution in [3.05, 3.63) is 42.0 Å². The van der Waals surface area contributed by atoms with Crippen molar-refractivity contribution in [2.24, 2.45) is 0 Å². The van der Waals surface area contributed by atoms with Crippen molar-refractivity contribution in [2.45, 2.75) is 25.4 Å². The molecule has 0 radical (unpaired) electrons. The lowest BCUT2D eigenvalue weighted by atomic mass is 10.1. The van der Waals surface area contributed by atoms with E-state index in [9.17, 15) is 4.79 Å². The smallest absolute Gasteiger partial charge is 0.268 e. The normalized spacial score (nSPS) is 16.2. The SMILES string of the molecule is O=C(NCc1cn[nH]c1)c1cccn1C1CCNCC1. The van der Waals surface area contributed by atoms with Crippen molar-refractivity contribution in [3.8, 4) is 0 Å². The lowest BCUT2D eigenvalue weighted by Gasteiger charge is -2.25. The van der Waals surface area contributed by atoms with E-state index in [1.807, 2.05) is 18.3 Å². The third-order valence-electron chi connectivity index (χ3n) is 3.72. The van der Waals surface area contributed by atoms with Gasteiger partial charge in [0.15, 0.2) is 0 Å². The molecule has 0 spiro atoms. The Morgan fingerprint density at radius 3 is 3.05 bits per heavy atom. The Morgan fingerprint density at radius 1 is 1.45 bits per heavy atom. The topological polar surface area (TPSA) is 74.7 Å². The molecule has 0 unspecified atom stereocenters. The van der Waals surface area contributed by atoms with E-state index in [4.69, 9.17) is 0 Å². The van der Waals surface area contributed by atoms with Crippen LogP contribution in [0.3, 0.4) is 0 Å². The third-order valence-corrected chi connectivity index (χ3v) is 3.72. The van der Waals surface area contributed by atoms with Gasteiger partial charge < -0.3 is 15.2 Å². The van der Waals surface area contributed by atoms with Gasteiger partial charge >= 0.3 is 0 Å². The van der Waals surface area contributed by atoms with E-state index in [0.717, 1.165) is 37.2 Å². The standard InChI is InChI=1S/C14H19N5O/c20-14(16-8-11-9-17-18-10-11)13-2-1-7-19(13)12-3-5-15-6-4-12/h1-2,7,9-10,12,15H,3-6,8H2,(H,16,20)(H,17,18). The Kier molecular flexibility index (Phi) is 3.83. The molecule has 1 fully saturated rings. The number of carbonyl (C=O) groups is 1. The molecule has 2 aromatic rings. The largest absolute Gasteiger partial charge is 0.347 e. The molecule has 3 heterocycles. The summed E-state index contributed by atoms with van der Waals surface area (Å²) in [4.78, 5) is 12.3. The molecule has 0 aliphatic carbocycles. The second-order valence-corrected chi connectivity index (χ2v) is 5.07. The van der Waals surface area contributed by atoms with Gasteiger partial charge in [-0.3, -0.25) is 9.89 Å². The first kappa shape index (κ1) is 12.9. The van der Waals surface area contributed by atoms with Crippen LogP contribution in [0.15, 0.2) is 30.7 Å². The monoisotopic (exact) mass is 273 g/mol. The van der Waals surface area contributed by atoms with Gasteiger partial charge in [-0.2, -0.15) is 5.10 Å². The van der Waals surface area contributed by atoms with Gasteiger partial charge in [0.05, 0.1) is 6.20 Å². The average molecular weight is 273 g/mol. The van der Waals surface area contributed by atoms with Gasteiger partial charge in [0.1, 0.15) is 5.69 Å². The summed E-state index contributed by atoms with van der Waals surface area (Å²) in [5, 5.41) is 12.9. The quantitative estimate of drug-likeness (QED) is 0.780. The molecule has 1 aliphatic heterocycles. The van der Waals surface area contributed by atoms with Crippen LogP contribution in [0.5, 0.6) is 0 Å². The van der Waals surface area contributed by atoms with Crippen molar-refractivity contribution in [2.75, 3.05) is 13.1 Å². The molecule has 0 saturated carbocycles. The molecule has 106 valence electrons. The molecule has 0 aromatic carbocycles. The van der Waals surface area contributed by atoms with E-state index in [0.29, 0.717) is 12.6 Å². The van der Waals surface area contributed by atoms with Crippen LogP contribution in [0.2, 0.25) is 0 Å². The lowest BCUT2D eigenvalue weighted by molar-refractivity contribution is 0.0938. The number of piperidine rings is 1. The van der Waals surface area contributed by atoms with Crippen LogP contribution in [0.25, 0.3) is 0 Å². The molecule has 1 aliphatic rings. The summed E-state index contributed by atoms with van der Waals surface area (Å²) in [5.41, 5.74) is 1.71. The number of nitrogens with zero attached hydrogens (tertiary/aromatic N) is 2. The Labute approximate surface area is 117 Å². The first-order valence-corrected chi connectivity index (χ1v) is 6.98. The van der Waals surface area contributed by atoms with E-state index in [-0.39, 0.29) is 5.91 Å². The summed E-state index contributed by atoms with van der Waals surface area (Å²) >= 11 is 0. The molecule has 6 nitrogen and oxygen atoms in total. The number of nitrogens with one attached hydrogen (secondary N) is 3. The summed E-state index contributed by atoms with van der Waals surface area (Å²) in [6, 6.07) is 4.24. The molecule has 2 aromatic heterocycles. The van der Waals surface area contributed by atoms with Crippen molar-refractivity contribution < 1.29 is 4.79 Å². The van der Waals surface area contributed by atoms with Crippen LogP contribution in [-0.4, -0.2) is 33.8 Å². The first-order chi connectivity index (χ1) is 9.84. The highest BCUT2D eigenvalue weighted by atomic mass is 16.1. The average Bonchev–Trinajstić information content (AvgIpc) is 3.17. The highest BCUT2D eigenvalue weighted by Crippen LogP contribution is 2.21. The number of hydrogen-bond acceptors (Lipinski definition) is 3. The van der Waals surface area contributed by atoms with Crippen LogP contribution in [-0.2, 0) is 6.54 Å². The van der Waals surface area contributed by atoms with E-state index < -0.39 is 0 Å². The van der Waals surface area contributed by atoms with Crippen LogP contribution in [0, 0.1) is 0 Å².